The van der Waals surface area contributed by atoms with Crippen LogP contribution in [-0.4, -0.2) is 30.1 Å². The highest BCUT2D eigenvalue weighted by atomic mass is 19.4. The van der Waals surface area contributed by atoms with Crippen LogP contribution in [0.25, 0.3) is 0 Å². The Morgan fingerprint density at radius 1 is 1.44 bits per heavy atom. The summed E-state index contributed by atoms with van der Waals surface area (Å²) in [6, 6.07) is 0. The summed E-state index contributed by atoms with van der Waals surface area (Å²) in [5, 5.41) is 8.40. The lowest BCUT2D eigenvalue weighted by atomic mass is 10.1. The van der Waals surface area contributed by atoms with Crippen molar-refractivity contribution in [1.82, 2.24) is 0 Å². The predicted octanol–water partition coefficient (Wildman–Crippen LogP) is 0.308. The van der Waals surface area contributed by atoms with Crippen molar-refractivity contribution in [2.45, 2.75) is 18.4 Å². The minimum atomic E-state index is -4.41. The van der Waals surface area contributed by atoms with Gasteiger partial charge in [0.05, 0.1) is 6.61 Å². The molecule has 0 spiro atoms. The number of alkyl halides is 3. The van der Waals surface area contributed by atoms with Crippen molar-refractivity contribution in [2.75, 3.05) is 6.61 Å². The van der Waals surface area contributed by atoms with Crippen LogP contribution in [0.4, 0.5) is 13.2 Å². The van der Waals surface area contributed by atoms with E-state index in [1.165, 1.54) is 0 Å². The highest BCUT2D eigenvalue weighted by Gasteiger charge is 2.51. The zero-order valence-corrected chi connectivity index (χ0v) is 4.35. The first-order valence-corrected chi connectivity index (χ1v) is 2.38. The van der Waals surface area contributed by atoms with E-state index in [9.17, 15) is 13.2 Å². The maximum absolute atomic E-state index is 11.5. The average Bonchev–Trinajstić information content (AvgIpc) is 1.57. The van der Waals surface area contributed by atoms with Crippen LogP contribution in [0.5, 0.6) is 0 Å². The van der Waals surface area contributed by atoms with E-state index >= 15 is 0 Å². The minimum absolute atomic E-state index is 0.204. The molecule has 2 unspecified atom stereocenters. The third kappa shape index (κ3) is 1.16. The van der Waals surface area contributed by atoms with E-state index in [4.69, 9.17) is 5.11 Å². The van der Waals surface area contributed by atoms with Crippen molar-refractivity contribution in [3.63, 3.8) is 0 Å². The van der Waals surface area contributed by atoms with E-state index in [-0.39, 0.29) is 6.61 Å². The van der Waals surface area contributed by atoms with E-state index < -0.39 is 18.4 Å². The Kier molecular flexibility index (Phi) is 1.40. The Labute approximate surface area is 49.2 Å². The molecule has 1 heterocycles. The molecule has 0 saturated carbocycles. The number of hydrogen-bond donors (Lipinski definition) is 1. The molecule has 0 aromatic rings. The minimum Gasteiger partial charge on any atom is -0.388 e. The molecule has 0 aromatic heterocycles. The van der Waals surface area contributed by atoms with Crippen LogP contribution in [0.3, 0.4) is 0 Å². The first kappa shape index (κ1) is 6.82. The summed E-state index contributed by atoms with van der Waals surface area (Å²) >= 11 is 0. The monoisotopic (exact) mass is 142 g/mol. The maximum atomic E-state index is 11.5. The Morgan fingerprint density at radius 2 is 2.00 bits per heavy atom. The van der Waals surface area contributed by atoms with Gasteiger partial charge < -0.3 is 9.84 Å². The van der Waals surface area contributed by atoms with Gasteiger partial charge in [0, 0.05) is 0 Å². The summed E-state index contributed by atoms with van der Waals surface area (Å²) in [7, 11) is 0. The van der Waals surface area contributed by atoms with Gasteiger partial charge in [-0.2, -0.15) is 13.2 Å². The summed E-state index contributed by atoms with van der Waals surface area (Å²) in [6.45, 7) is -0.204. The van der Waals surface area contributed by atoms with Crippen molar-refractivity contribution < 1.29 is 23.0 Å². The number of rotatable bonds is 0. The molecule has 9 heavy (non-hydrogen) atoms. The zero-order chi connectivity index (χ0) is 7.07. The molecule has 2 atom stereocenters. The third-order valence-electron chi connectivity index (χ3n) is 1.12. The molecule has 0 radical (unpaired) electrons. The molecular formula is C4H5F3O2. The molecule has 1 rings (SSSR count). The average molecular weight is 142 g/mol. The standard InChI is InChI=1S/C4H5F3O2/c5-4(6,7)3-2(8)1-9-3/h2-3,8H,1H2. The van der Waals surface area contributed by atoms with Crippen LogP contribution in [0.1, 0.15) is 0 Å². The highest BCUT2D eigenvalue weighted by molar-refractivity contribution is 4.83. The molecule has 1 aliphatic heterocycles. The number of aliphatic hydroxyl groups excluding tert-OH is 1. The topological polar surface area (TPSA) is 29.5 Å². The Bertz CT molecular complexity index is 111. The van der Waals surface area contributed by atoms with Crippen LogP contribution in [-0.2, 0) is 4.74 Å². The van der Waals surface area contributed by atoms with Gasteiger partial charge in [-0.25, -0.2) is 0 Å². The molecule has 1 fully saturated rings. The second-order valence-corrected chi connectivity index (χ2v) is 1.86. The lowest BCUT2D eigenvalue weighted by molar-refractivity contribution is -0.302. The molecule has 1 aliphatic rings. The van der Waals surface area contributed by atoms with E-state index in [0.717, 1.165) is 0 Å². The lowest BCUT2D eigenvalue weighted by Crippen LogP contribution is -2.53. The van der Waals surface area contributed by atoms with Crippen LogP contribution in [0.15, 0.2) is 0 Å². The van der Waals surface area contributed by atoms with Crippen molar-refractivity contribution in [3.05, 3.63) is 0 Å². The van der Waals surface area contributed by atoms with E-state index in [0.29, 0.717) is 0 Å². The molecule has 1 saturated heterocycles. The van der Waals surface area contributed by atoms with Gasteiger partial charge in [0.2, 0.25) is 0 Å². The van der Waals surface area contributed by atoms with Gasteiger partial charge in [0.15, 0.2) is 6.10 Å². The van der Waals surface area contributed by atoms with E-state index in [1.807, 2.05) is 0 Å². The van der Waals surface area contributed by atoms with Gasteiger partial charge in [-0.15, -0.1) is 0 Å². The van der Waals surface area contributed by atoms with Crippen LogP contribution in [0, 0.1) is 0 Å². The van der Waals surface area contributed by atoms with Gasteiger partial charge >= 0.3 is 6.18 Å². The molecule has 0 aliphatic carbocycles. The van der Waals surface area contributed by atoms with Crippen molar-refractivity contribution in [3.8, 4) is 0 Å². The van der Waals surface area contributed by atoms with Crippen LogP contribution in [0.2, 0.25) is 0 Å². The van der Waals surface area contributed by atoms with Gasteiger partial charge in [-0.3, -0.25) is 0 Å². The van der Waals surface area contributed by atoms with Crippen LogP contribution >= 0.6 is 0 Å². The molecule has 0 amide bonds. The Hall–Kier alpha value is -0.290. The summed E-state index contributed by atoms with van der Waals surface area (Å²) in [4.78, 5) is 0. The van der Waals surface area contributed by atoms with Crippen LogP contribution < -0.4 is 0 Å². The van der Waals surface area contributed by atoms with Crippen molar-refractivity contribution in [1.29, 1.82) is 0 Å². The SMILES string of the molecule is OC1COC1C(F)(F)F. The smallest absolute Gasteiger partial charge is 0.388 e. The van der Waals surface area contributed by atoms with Gasteiger partial charge in [-0.1, -0.05) is 0 Å². The molecule has 2 nitrogen and oxygen atoms in total. The number of aliphatic hydroxyl groups is 1. The maximum Gasteiger partial charge on any atom is 0.417 e. The van der Waals surface area contributed by atoms with E-state index in [1.54, 1.807) is 0 Å². The first-order valence-electron chi connectivity index (χ1n) is 2.38. The first-order chi connectivity index (χ1) is 4.02. The molecule has 1 N–H and O–H groups in total. The quantitative estimate of drug-likeness (QED) is 0.527. The number of halogens is 3. The van der Waals surface area contributed by atoms with Gasteiger partial charge in [0.25, 0.3) is 0 Å². The summed E-state index contributed by atoms with van der Waals surface area (Å²) < 4.78 is 38.4. The molecule has 0 aromatic carbocycles. The predicted molar refractivity (Wildman–Crippen MR) is 21.8 cm³/mol. The zero-order valence-electron chi connectivity index (χ0n) is 4.35. The van der Waals surface area contributed by atoms with Gasteiger partial charge in [-0.05, 0) is 0 Å². The summed E-state index contributed by atoms with van der Waals surface area (Å²) in [6.07, 6.45) is -7.71. The fraction of sp³-hybridized carbons (Fsp3) is 1.00. The Morgan fingerprint density at radius 3 is 2.00 bits per heavy atom. The van der Waals surface area contributed by atoms with E-state index in [2.05, 4.69) is 4.74 Å². The molecular weight excluding hydrogens is 137 g/mol. The largest absolute Gasteiger partial charge is 0.417 e. The van der Waals surface area contributed by atoms with Crippen molar-refractivity contribution in [2.24, 2.45) is 0 Å². The number of hydrogen-bond acceptors (Lipinski definition) is 2. The van der Waals surface area contributed by atoms with Gasteiger partial charge in [0.1, 0.15) is 6.10 Å². The highest BCUT2D eigenvalue weighted by Crippen LogP contribution is 2.30. The fourth-order valence-corrected chi connectivity index (χ4v) is 0.591. The van der Waals surface area contributed by atoms with Crippen molar-refractivity contribution >= 4 is 0 Å². The second-order valence-electron chi connectivity index (χ2n) is 1.86. The lowest BCUT2D eigenvalue weighted by Gasteiger charge is -2.33. The third-order valence-corrected chi connectivity index (χ3v) is 1.12. The normalized spacial score (nSPS) is 36.0. The number of ether oxygens (including phenoxy) is 1. The molecule has 5 heteroatoms. The Balaban J connectivity index is 2.44. The summed E-state index contributed by atoms with van der Waals surface area (Å²) in [5.41, 5.74) is 0. The molecule has 0 bridgehead atoms. The fourth-order valence-electron chi connectivity index (χ4n) is 0.591. The molecule has 54 valence electrons. The second kappa shape index (κ2) is 1.85. The summed E-state index contributed by atoms with van der Waals surface area (Å²) in [5.74, 6) is 0.